The summed E-state index contributed by atoms with van der Waals surface area (Å²) in [6.07, 6.45) is 3.89. The number of anilines is 1. The van der Waals surface area contributed by atoms with E-state index in [2.05, 4.69) is 22.4 Å². The first-order valence-electron chi connectivity index (χ1n) is 14.6. The van der Waals surface area contributed by atoms with E-state index in [1.807, 2.05) is 72.3 Å². The second kappa shape index (κ2) is 12.0. The molecule has 0 bridgehead atoms. The number of fused-ring (bicyclic) bond motifs is 1. The fourth-order valence-electron chi connectivity index (χ4n) is 5.67. The van der Waals surface area contributed by atoms with Gasteiger partial charge in [-0.25, -0.2) is 9.67 Å². The summed E-state index contributed by atoms with van der Waals surface area (Å²) in [7, 11) is 1.62. The van der Waals surface area contributed by atoms with Gasteiger partial charge in [-0.05, 0) is 55.2 Å². The third-order valence-electron chi connectivity index (χ3n) is 7.78. The normalized spacial score (nSPS) is 15.9. The average molecular weight is 606 g/mol. The van der Waals surface area contributed by atoms with E-state index in [9.17, 15) is 4.79 Å². The van der Waals surface area contributed by atoms with E-state index in [-0.39, 0.29) is 5.78 Å². The van der Waals surface area contributed by atoms with Crippen molar-refractivity contribution in [3.63, 3.8) is 0 Å². The van der Waals surface area contributed by atoms with Gasteiger partial charge in [-0.1, -0.05) is 60.3 Å². The summed E-state index contributed by atoms with van der Waals surface area (Å²) in [5.74, 6) is 4.05. The highest BCUT2D eigenvalue weighted by atomic mass is 32.2. The zero-order chi connectivity index (χ0) is 30.0. The van der Waals surface area contributed by atoms with Crippen molar-refractivity contribution in [2.45, 2.75) is 43.1 Å². The van der Waals surface area contributed by atoms with Gasteiger partial charge < -0.3 is 19.2 Å². The highest BCUT2D eigenvalue weighted by molar-refractivity contribution is 7.98. The van der Waals surface area contributed by atoms with Gasteiger partial charge in [0.15, 0.2) is 23.0 Å². The molecule has 0 spiro atoms. The van der Waals surface area contributed by atoms with Crippen LogP contribution >= 0.6 is 11.8 Å². The van der Waals surface area contributed by atoms with Crippen molar-refractivity contribution in [2.75, 3.05) is 19.0 Å². The number of Topliss-reactive ketones (excluding diaryl/α,β-unsaturated/α-hetero) is 1. The molecule has 0 amide bonds. The molecule has 1 atom stereocenters. The van der Waals surface area contributed by atoms with Crippen LogP contribution in [-0.4, -0.2) is 39.2 Å². The average Bonchev–Trinajstić information content (AvgIpc) is 3.72. The lowest BCUT2D eigenvalue weighted by atomic mass is 9.85. The summed E-state index contributed by atoms with van der Waals surface area (Å²) in [4.78, 5) is 22.5. The van der Waals surface area contributed by atoms with Gasteiger partial charge in [0.25, 0.3) is 0 Å². The number of thioether (sulfide) groups is 1. The summed E-state index contributed by atoms with van der Waals surface area (Å²) in [5.41, 5.74) is 5.59. The van der Waals surface area contributed by atoms with Crippen molar-refractivity contribution >= 4 is 23.5 Å². The number of hydrogen-bond acceptors (Lipinski definition) is 9. The van der Waals surface area contributed by atoms with Crippen LogP contribution in [0.5, 0.6) is 11.5 Å². The molecule has 2 aromatic heterocycles. The van der Waals surface area contributed by atoms with Gasteiger partial charge >= 0.3 is 0 Å². The predicted molar refractivity (Wildman–Crippen MR) is 169 cm³/mol. The minimum absolute atomic E-state index is 0.133. The van der Waals surface area contributed by atoms with E-state index < -0.39 is 6.04 Å². The fraction of sp³-hybridized carbons (Fsp3) is 0.235. The maximum Gasteiger partial charge on any atom is 0.227 e. The Balaban J connectivity index is 1.11. The lowest BCUT2D eigenvalue weighted by molar-refractivity contribution is -0.116. The van der Waals surface area contributed by atoms with Crippen molar-refractivity contribution < 1.29 is 18.7 Å². The number of methoxy groups -OCH3 is 1. The van der Waals surface area contributed by atoms with Crippen molar-refractivity contribution in [1.82, 2.24) is 19.7 Å². The molecule has 10 heteroatoms. The molecule has 1 aliphatic carbocycles. The molecular weight excluding hydrogens is 574 g/mol. The third-order valence-corrected chi connectivity index (χ3v) is 8.69. The van der Waals surface area contributed by atoms with E-state index in [0.717, 1.165) is 52.1 Å². The molecule has 7 rings (SSSR count). The standard InChI is InChI=1S/C34H31N5O4S/c1-3-42-27-17-16-24(18-28(27)41-2)31-30-25(10-7-11-26(30)40)36-33-37-34(38-39(31)33)44-20-21-12-14-23(15-13-21)32-35-19-29(43-32)22-8-5-4-6-9-22/h4-6,8-9,12-19,31H,3,7,10-11,20H2,1-2H3,(H,36,37,38)/t31-/m0/s1. The number of aromatic nitrogens is 4. The number of rotatable bonds is 9. The summed E-state index contributed by atoms with van der Waals surface area (Å²) in [6.45, 7) is 2.47. The molecule has 1 aliphatic heterocycles. The maximum absolute atomic E-state index is 13.2. The van der Waals surface area contributed by atoms with Gasteiger partial charge in [0, 0.05) is 34.6 Å². The molecule has 3 heterocycles. The Morgan fingerprint density at radius 2 is 1.86 bits per heavy atom. The number of allylic oxidation sites excluding steroid dienone is 2. The molecule has 9 nitrogen and oxygen atoms in total. The second-order valence-corrected chi connectivity index (χ2v) is 11.5. The zero-order valence-electron chi connectivity index (χ0n) is 24.4. The summed E-state index contributed by atoms with van der Waals surface area (Å²) < 4.78 is 19.2. The first kappa shape index (κ1) is 28.0. The number of ketones is 1. The Labute approximate surface area is 259 Å². The Hall–Kier alpha value is -4.83. The van der Waals surface area contributed by atoms with Crippen LogP contribution in [0.15, 0.2) is 99.8 Å². The predicted octanol–water partition coefficient (Wildman–Crippen LogP) is 7.32. The highest BCUT2D eigenvalue weighted by Gasteiger charge is 2.37. The molecule has 0 saturated heterocycles. The van der Waals surface area contributed by atoms with E-state index in [1.165, 1.54) is 0 Å². The van der Waals surface area contributed by atoms with Gasteiger partial charge in [-0.2, -0.15) is 4.98 Å². The van der Waals surface area contributed by atoms with Crippen LogP contribution in [-0.2, 0) is 10.5 Å². The van der Waals surface area contributed by atoms with Crippen LogP contribution in [0.2, 0.25) is 0 Å². The summed E-state index contributed by atoms with van der Waals surface area (Å²) in [5, 5.41) is 8.92. The number of hydrogen-bond donors (Lipinski definition) is 1. The Kier molecular flexibility index (Phi) is 7.66. The van der Waals surface area contributed by atoms with Crippen LogP contribution in [0.4, 0.5) is 5.95 Å². The number of ether oxygens (including phenoxy) is 2. The molecule has 0 unspecified atom stereocenters. The van der Waals surface area contributed by atoms with E-state index in [1.54, 1.807) is 25.1 Å². The number of oxazole rings is 1. The summed E-state index contributed by atoms with van der Waals surface area (Å²) >= 11 is 1.55. The van der Waals surface area contributed by atoms with Crippen LogP contribution in [0.3, 0.4) is 0 Å². The molecule has 5 aromatic rings. The Morgan fingerprint density at radius 1 is 1.02 bits per heavy atom. The number of carbonyl (C=O) groups is 1. The van der Waals surface area contributed by atoms with Gasteiger partial charge in [-0.3, -0.25) is 4.79 Å². The Morgan fingerprint density at radius 3 is 2.66 bits per heavy atom. The van der Waals surface area contributed by atoms with Crippen molar-refractivity contribution in [1.29, 1.82) is 0 Å². The molecule has 0 saturated carbocycles. The van der Waals surface area contributed by atoms with Crippen LogP contribution in [0.25, 0.3) is 22.8 Å². The first-order valence-corrected chi connectivity index (χ1v) is 15.6. The van der Waals surface area contributed by atoms with Crippen LogP contribution in [0, 0.1) is 0 Å². The van der Waals surface area contributed by atoms with Crippen LogP contribution in [0.1, 0.15) is 43.4 Å². The molecule has 3 aromatic carbocycles. The SMILES string of the molecule is CCOc1ccc([C@H]2C3=C(CCCC3=O)Nc3nc(SCc4ccc(-c5ncc(-c6ccccc6)o5)cc4)nn32)cc1OC. The number of benzene rings is 3. The molecular formula is C34H31N5O4S. The number of carbonyl (C=O) groups excluding carboxylic acids is 1. The maximum atomic E-state index is 13.2. The van der Waals surface area contributed by atoms with Gasteiger partial charge in [0.2, 0.25) is 17.0 Å². The summed E-state index contributed by atoms with van der Waals surface area (Å²) in [6, 6.07) is 23.5. The topological polar surface area (TPSA) is 104 Å². The van der Waals surface area contributed by atoms with Gasteiger partial charge in [0.05, 0.1) is 19.9 Å². The fourth-order valence-corrected chi connectivity index (χ4v) is 6.45. The molecule has 0 radical (unpaired) electrons. The quantitative estimate of drug-likeness (QED) is 0.173. The minimum Gasteiger partial charge on any atom is -0.493 e. The highest BCUT2D eigenvalue weighted by Crippen LogP contribution is 2.42. The van der Waals surface area contributed by atoms with Crippen LogP contribution < -0.4 is 14.8 Å². The lowest BCUT2D eigenvalue weighted by Gasteiger charge is -2.32. The molecule has 2 aliphatic rings. The number of nitrogens with zero attached hydrogens (tertiary/aromatic N) is 4. The molecule has 222 valence electrons. The molecule has 0 fully saturated rings. The first-order chi connectivity index (χ1) is 21.6. The van der Waals surface area contributed by atoms with E-state index in [4.69, 9.17) is 24.0 Å². The van der Waals surface area contributed by atoms with E-state index >= 15 is 0 Å². The van der Waals surface area contributed by atoms with E-state index in [0.29, 0.717) is 47.3 Å². The largest absolute Gasteiger partial charge is 0.493 e. The monoisotopic (exact) mass is 605 g/mol. The number of nitrogens with one attached hydrogen (secondary N) is 1. The van der Waals surface area contributed by atoms with Gasteiger partial charge in [0.1, 0.15) is 6.04 Å². The molecule has 44 heavy (non-hydrogen) atoms. The lowest BCUT2D eigenvalue weighted by Crippen LogP contribution is -2.31. The second-order valence-electron chi connectivity index (χ2n) is 10.6. The van der Waals surface area contributed by atoms with Crippen molar-refractivity contribution in [2.24, 2.45) is 0 Å². The Bertz CT molecular complexity index is 1850. The van der Waals surface area contributed by atoms with Gasteiger partial charge in [-0.15, -0.1) is 5.10 Å². The smallest absolute Gasteiger partial charge is 0.227 e. The van der Waals surface area contributed by atoms with Crippen molar-refractivity contribution in [3.8, 4) is 34.3 Å². The minimum atomic E-state index is -0.402. The zero-order valence-corrected chi connectivity index (χ0v) is 25.3. The molecule has 1 N–H and O–H groups in total. The third kappa shape index (κ3) is 5.37. The van der Waals surface area contributed by atoms with Crippen molar-refractivity contribution in [3.05, 3.63) is 101 Å².